The van der Waals surface area contributed by atoms with Crippen molar-refractivity contribution in [2.45, 2.75) is 23.6 Å². The predicted molar refractivity (Wildman–Crippen MR) is 97.3 cm³/mol. The molecule has 0 aliphatic rings. The number of ketones is 1. The summed E-state index contributed by atoms with van der Waals surface area (Å²) in [7, 11) is 0. The maximum absolute atomic E-state index is 12.0. The van der Waals surface area contributed by atoms with Crippen LogP contribution in [0.1, 0.15) is 19.4 Å². The van der Waals surface area contributed by atoms with Crippen LogP contribution in [0.5, 0.6) is 0 Å². The molecule has 0 aromatic heterocycles. The molecule has 0 saturated carbocycles. The Bertz CT molecular complexity index is 766. The molecule has 0 aliphatic carbocycles. The van der Waals surface area contributed by atoms with Gasteiger partial charge in [0, 0.05) is 14.8 Å². The van der Waals surface area contributed by atoms with Gasteiger partial charge in [0.05, 0.1) is 6.61 Å². The van der Waals surface area contributed by atoms with Gasteiger partial charge in [-0.15, -0.1) is 0 Å². The quantitative estimate of drug-likeness (QED) is 0.314. The first-order chi connectivity index (χ1) is 11.5. The molecule has 24 heavy (non-hydrogen) atoms. The van der Waals surface area contributed by atoms with E-state index in [0.29, 0.717) is 5.02 Å². The number of halogens is 1. The molecule has 0 saturated heterocycles. The van der Waals surface area contributed by atoms with Gasteiger partial charge in [-0.1, -0.05) is 41.6 Å². The van der Waals surface area contributed by atoms with Gasteiger partial charge < -0.3 is 4.74 Å². The van der Waals surface area contributed by atoms with E-state index in [0.717, 1.165) is 15.4 Å². The van der Waals surface area contributed by atoms with Crippen LogP contribution in [0.2, 0.25) is 5.02 Å². The summed E-state index contributed by atoms with van der Waals surface area (Å²) < 4.78 is 4.96. The lowest BCUT2D eigenvalue weighted by molar-refractivity contribution is -0.139. The third-order valence-electron chi connectivity index (χ3n) is 3.13. The van der Waals surface area contributed by atoms with Gasteiger partial charge in [0.25, 0.3) is 0 Å². The Hall–Kier alpha value is -2.04. The number of esters is 1. The van der Waals surface area contributed by atoms with Crippen molar-refractivity contribution in [3.05, 3.63) is 64.7 Å². The molecule has 0 unspecified atom stereocenters. The van der Waals surface area contributed by atoms with Gasteiger partial charge in [0.15, 0.2) is 5.78 Å². The predicted octanol–water partition coefficient (Wildman–Crippen LogP) is 5.03. The summed E-state index contributed by atoms with van der Waals surface area (Å²) in [4.78, 5) is 25.7. The van der Waals surface area contributed by atoms with E-state index in [1.807, 2.05) is 48.5 Å². The van der Waals surface area contributed by atoms with Crippen molar-refractivity contribution in [3.63, 3.8) is 0 Å². The second-order valence-electron chi connectivity index (χ2n) is 4.93. The fourth-order valence-electron chi connectivity index (χ4n) is 1.99. The molecule has 0 spiro atoms. The molecule has 0 bridgehead atoms. The number of ether oxygens (including phenoxy) is 1. The fourth-order valence-corrected chi connectivity index (χ4v) is 3.03. The lowest BCUT2D eigenvalue weighted by Crippen LogP contribution is -2.13. The molecule has 0 fully saturated rings. The molecule has 0 heterocycles. The third-order valence-corrected chi connectivity index (χ3v) is 4.49. The van der Waals surface area contributed by atoms with Gasteiger partial charge in [-0.2, -0.15) is 0 Å². The second-order valence-corrected chi connectivity index (χ2v) is 6.48. The number of rotatable bonds is 6. The van der Waals surface area contributed by atoms with Crippen molar-refractivity contribution in [2.75, 3.05) is 6.61 Å². The SMILES string of the molecule is CCOC(=O)/C(=C/c1ccccc1Sc1ccc(Cl)cc1)C(C)=O. The Balaban J connectivity index is 2.36. The van der Waals surface area contributed by atoms with Crippen molar-refractivity contribution in [1.82, 2.24) is 0 Å². The topological polar surface area (TPSA) is 43.4 Å². The minimum atomic E-state index is -0.601. The number of hydrogen-bond donors (Lipinski definition) is 0. The molecule has 0 amide bonds. The minimum Gasteiger partial charge on any atom is -0.462 e. The van der Waals surface area contributed by atoms with Crippen molar-refractivity contribution in [2.24, 2.45) is 0 Å². The Morgan fingerprint density at radius 2 is 1.79 bits per heavy atom. The molecule has 124 valence electrons. The van der Waals surface area contributed by atoms with Crippen molar-refractivity contribution in [1.29, 1.82) is 0 Å². The first kappa shape index (κ1) is 18.3. The third kappa shape index (κ3) is 4.98. The number of benzene rings is 2. The summed E-state index contributed by atoms with van der Waals surface area (Å²) in [6.45, 7) is 3.29. The molecule has 2 aromatic carbocycles. The van der Waals surface area contributed by atoms with Gasteiger partial charge in [-0.3, -0.25) is 4.79 Å². The molecule has 5 heteroatoms. The van der Waals surface area contributed by atoms with Crippen LogP contribution < -0.4 is 0 Å². The molecule has 0 aliphatic heterocycles. The van der Waals surface area contributed by atoms with Gasteiger partial charge in [-0.25, -0.2) is 4.79 Å². The van der Waals surface area contributed by atoms with E-state index >= 15 is 0 Å². The largest absolute Gasteiger partial charge is 0.462 e. The van der Waals surface area contributed by atoms with E-state index in [9.17, 15) is 9.59 Å². The maximum atomic E-state index is 12.0. The molecule has 0 atom stereocenters. The highest BCUT2D eigenvalue weighted by atomic mass is 35.5. The van der Waals surface area contributed by atoms with Crippen LogP contribution >= 0.6 is 23.4 Å². The summed E-state index contributed by atoms with van der Waals surface area (Å²) in [6.07, 6.45) is 1.58. The minimum absolute atomic E-state index is 0.0426. The van der Waals surface area contributed by atoms with Gasteiger partial charge in [-0.05, 0) is 55.8 Å². The monoisotopic (exact) mass is 360 g/mol. The van der Waals surface area contributed by atoms with Crippen molar-refractivity contribution in [3.8, 4) is 0 Å². The van der Waals surface area contributed by atoms with Crippen LogP contribution in [0, 0.1) is 0 Å². The van der Waals surface area contributed by atoms with Gasteiger partial charge >= 0.3 is 5.97 Å². The smallest absolute Gasteiger partial charge is 0.341 e. The van der Waals surface area contributed by atoms with E-state index < -0.39 is 5.97 Å². The van der Waals surface area contributed by atoms with Crippen LogP contribution in [0.15, 0.2) is 63.9 Å². The highest BCUT2D eigenvalue weighted by Crippen LogP contribution is 2.32. The maximum Gasteiger partial charge on any atom is 0.341 e. The average Bonchev–Trinajstić information content (AvgIpc) is 2.56. The molecule has 2 rings (SSSR count). The Labute approximate surface area is 150 Å². The summed E-state index contributed by atoms with van der Waals surface area (Å²) in [6, 6.07) is 15.1. The zero-order valence-electron chi connectivity index (χ0n) is 13.4. The zero-order valence-corrected chi connectivity index (χ0v) is 15.0. The standard InChI is InChI=1S/C19H17ClO3S/c1-3-23-19(22)17(13(2)21)12-14-6-4-5-7-18(14)24-16-10-8-15(20)9-11-16/h4-12H,3H2,1-2H3/b17-12+. The Morgan fingerprint density at radius 1 is 1.12 bits per heavy atom. The Kier molecular flexibility index (Phi) is 6.64. The average molecular weight is 361 g/mol. The van der Waals surface area contributed by atoms with E-state index in [4.69, 9.17) is 16.3 Å². The van der Waals surface area contributed by atoms with E-state index in [1.165, 1.54) is 18.7 Å². The first-order valence-electron chi connectivity index (χ1n) is 7.43. The lowest BCUT2D eigenvalue weighted by atomic mass is 10.1. The van der Waals surface area contributed by atoms with Crippen LogP contribution in [-0.2, 0) is 14.3 Å². The first-order valence-corrected chi connectivity index (χ1v) is 8.63. The number of carbonyl (C=O) groups excluding carboxylic acids is 2. The Morgan fingerprint density at radius 3 is 2.42 bits per heavy atom. The second kappa shape index (κ2) is 8.71. The fraction of sp³-hybridized carbons (Fsp3) is 0.158. The number of carbonyl (C=O) groups is 2. The van der Waals surface area contributed by atoms with E-state index in [-0.39, 0.29) is 18.0 Å². The zero-order chi connectivity index (χ0) is 17.5. The van der Waals surface area contributed by atoms with Gasteiger partial charge in [0.2, 0.25) is 0 Å². The summed E-state index contributed by atoms with van der Waals surface area (Å²) in [5.74, 6) is -0.920. The van der Waals surface area contributed by atoms with Crippen molar-refractivity contribution >= 4 is 41.2 Å². The molecular formula is C19H17ClO3S. The van der Waals surface area contributed by atoms with Crippen LogP contribution in [0.4, 0.5) is 0 Å². The molecule has 2 aromatic rings. The molecule has 3 nitrogen and oxygen atoms in total. The molecular weight excluding hydrogens is 344 g/mol. The summed E-state index contributed by atoms with van der Waals surface area (Å²) in [5, 5.41) is 0.675. The normalized spacial score (nSPS) is 11.2. The van der Waals surface area contributed by atoms with Crippen molar-refractivity contribution < 1.29 is 14.3 Å². The number of Topliss-reactive ketones (excluding diaryl/α,β-unsaturated/α-hetero) is 1. The van der Waals surface area contributed by atoms with Gasteiger partial charge in [0.1, 0.15) is 5.57 Å². The molecule has 0 radical (unpaired) electrons. The molecule has 0 N–H and O–H groups in total. The number of hydrogen-bond acceptors (Lipinski definition) is 4. The summed E-state index contributed by atoms with van der Waals surface area (Å²) in [5.41, 5.74) is 0.830. The summed E-state index contributed by atoms with van der Waals surface area (Å²) >= 11 is 7.44. The highest BCUT2D eigenvalue weighted by molar-refractivity contribution is 7.99. The van der Waals surface area contributed by atoms with Crippen LogP contribution in [0.3, 0.4) is 0 Å². The van der Waals surface area contributed by atoms with Crippen LogP contribution in [0.25, 0.3) is 6.08 Å². The highest BCUT2D eigenvalue weighted by Gasteiger charge is 2.16. The lowest BCUT2D eigenvalue weighted by Gasteiger charge is -2.08. The van der Waals surface area contributed by atoms with E-state index in [1.54, 1.807) is 13.0 Å². The van der Waals surface area contributed by atoms with Crippen LogP contribution in [-0.4, -0.2) is 18.4 Å². The van der Waals surface area contributed by atoms with E-state index in [2.05, 4.69) is 0 Å².